The van der Waals surface area contributed by atoms with E-state index in [1.54, 1.807) is 12.5 Å². The molecule has 2 N–H and O–H groups in total. The van der Waals surface area contributed by atoms with Gasteiger partial charge in [0.05, 0.1) is 7.11 Å². The fourth-order valence-corrected chi connectivity index (χ4v) is 2.68. The molecule has 132 valence electrons. The molecule has 2 rings (SSSR count). The van der Waals surface area contributed by atoms with Crippen LogP contribution < -0.4 is 15.4 Å². The van der Waals surface area contributed by atoms with Crippen LogP contribution in [0.4, 0.5) is 5.13 Å². The van der Waals surface area contributed by atoms with Crippen LogP contribution >= 0.6 is 11.3 Å². The van der Waals surface area contributed by atoms with E-state index >= 15 is 0 Å². The minimum Gasteiger partial charge on any atom is -0.497 e. The molecule has 1 aromatic heterocycles. The summed E-state index contributed by atoms with van der Waals surface area (Å²) in [6.45, 7) is 0.415. The molecule has 25 heavy (non-hydrogen) atoms. The number of carbonyl (C=O) groups excluding carboxylic acids is 2. The second-order valence-corrected chi connectivity index (χ2v) is 5.64. The summed E-state index contributed by atoms with van der Waals surface area (Å²) in [5.74, 6) is 0.357. The Bertz CT molecular complexity index is 760. The van der Waals surface area contributed by atoms with Gasteiger partial charge in [0.1, 0.15) is 18.6 Å². The van der Waals surface area contributed by atoms with E-state index in [1.165, 1.54) is 18.4 Å². The Labute approximate surface area is 148 Å². The van der Waals surface area contributed by atoms with Gasteiger partial charge in [-0.2, -0.15) is 0 Å². The van der Waals surface area contributed by atoms with Crippen LogP contribution in [0.5, 0.6) is 5.75 Å². The summed E-state index contributed by atoms with van der Waals surface area (Å²) in [6.07, 6.45) is 1.15. The molecule has 1 heterocycles. The van der Waals surface area contributed by atoms with Crippen LogP contribution in [-0.2, 0) is 20.8 Å². The van der Waals surface area contributed by atoms with Crippen molar-refractivity contribution in [3.05, 3.63) is 40.9 Å². The Balaban J connectivity index is 1.98. The largest absolute Gasteiger partial charge is 0.497 e. The number of anilines is 1. The SMILES string of the molecule is CO/N=C(/C(=O)NCCc1cccc(OC)c1)c1csc(NC=O)n1. The molecule has 9 heteroatoms. The average molecular weight is 362 g/mol. The van der Waals surface area contributed by atoms with Gasteiger partial charge in [0.2, 0.25) is 6.41 Å². The monoisotopic (exact) mass is 362 g/mol. The molecule has 2 amide bonds. The first kappa shape index (κ1) is 18.4. The van der Waals surface area contributed by atoms with Gasteiger partial charge in [-0.3, -0.25) is 9.59 Å². The first-order valence-electron chi connectivity index (χ1n) is 7.36. The first-order chi connectivity index (χ1) is 12.2. The number of thiazole rings is 1. The highest BCUT2D eigenvalue weighted by Gasteiger charge is 2.18. The molecule has 0 bridgehead atoms. The van der Waals surface area contributed by atoms with Crippen molar-refractivity contribution in [3.8, 4) is 5.75 Å². The van der Waals surface area contributed by atoms with E-state index in [4.69, 9.17) is 9.57 Å². The minimum absolute atomic E-state index is 0.0448. The van der Waals surface area contributed by atoms with E-state index in [0.717, 1.165) is 11.3 Å². The van der Waals surface area contributed by atoms with Gasteiger partial charge >= 0.3 is 0 Å². The zero-order valence-corrected chi connectivity index (χ0v) is 14.6. The maximum absolute atomic E-state index is 12.3. The molecule has 0 unspecified atom stereocenters. The number of ether oxygens (including phenoxy) is 1. The summed E-state index contributed by atoms with van der Waals surface area (Å²) < 4.78 is 5.17. The Kier molecular flexibility index (Phi) is 6.90. The number of carbonyl (C=O) groups is 2. The summed E-state index contributed by atoms with van der Waals surface area (Å²) in [6, 6.07) is 7.62. The lowest BCUT2D eigenvalue weighted by molar-refractivity contribution is -0.114. The standard InChI is InChI=1S/C16H18N4O4S/c1-23-12-5-3-4-11(8-12)6-7-17-15(22)14(20-24-2)13-9-25-16(19-13)18-10-21/h3-5,8-10H,6-7H2,1-2H3,(H,17,22)(H,18,19,21)/b20-14+. The number of oxime groups is 1. The van der Waals surface area contributed by atoms with Crippen molar-refractivity contribution in [2.24, 2.45) is 5.16 Å². The number of benzene rings is 1. The quantitative estimate of drug-likeness (QED) is 0.399. The predicted molar refractivity (Wildman–Crippen MR) is 95.1 cm³/mol. The van der Waals surface area contributed by atoms with Crippen LogP contribution in [0.25, 0.3) is 0 Å². The molecular weight excluding hydrogens is 344 g/mol. The van der Waals surface area contributed by atoms with Crippen LogP contribution in [0.3, 0.4) is 0 Å². The smallest absolute Gasteiger partial charge is 0.275 e. The third-order valence-electron chi connectivity index (χ3n) is 3.16. The molecule has 8 nitrogen and oxygen atoms in total. The van der Waals surface area contributed by atoms with E-state index in [-0.39, 0.29) is 5.71 Å². The second-order valence-electron chi connectivity index (χ2n) is 4.78. The van der Waals surface area contributed by atoms with E-state index in [1.807, 2.05) is 24.3 Å². The zero-order chi connectivity index (χ0) is 18.1. The number of nitrogens with zero attached hydrogens (tertiary/aromatic N) is 2. The molecule has 0 aliphatic heterocycles. The van der Waals surface area contributed by atoms with E-state index < -0.39 is 5.91 Å². The van der Waals surface area contributed by atoms with Crippen molar-refractivity contribution in [2.45, 2.75) is 6.42 Å². The fraction of sp³-hybridized carbons (Fsp3) is 0.250. The molecular formula is C16H18N4O4S. The van der Waals surface area contributed by atoms with Crippen LogP contribution in [0.2, 0.25) is 0 Å². The number of hydrogen-bond acceptors (Lipinski definition) is 7. The van der Waals surface area contributed by atoms with Crippen LogP contribution in [0, 0.1) is 0 Å². The summed E-state index contributed by atoms with van der Waals surface area (Å²) in [5, 5.41) is 10.9. The van der Waals surface area contributed by atoms with Crippen molar-refractivity contribution in [1.29, 1.82) is 0 Å². The van der Waals surface area contributed by atoms with Gasteiger partial charge < -0.3 is 20.2 Å². The van der Waals surface area contributed by atoms with Crippen LogP contribution in [0.15, 0.2) is 34.8 Å². The molecule has 0 aliphatic rings. The molecule has 0 atom stereocenters. The Hall–Kier alpha value is -2.94. The van der Waals surface area contributed by atoms with Crippen molar-refractivity contribution >= 4 is 34.5 Å². The predicted octanol–water partition coefficient (Wildman–Crippen LogP) is 1.43. The lowest BCUT2D eigenvalue weighted by Gasteiger charge is -2.07. The van der Waals surface area contributed by atoms with Gasteiger partial charge in [-0.05, 0) is 24.1 Å². The third-order valence-corrected chi connectivity index (χ3v) is 3.93. The number of rotatable bonds is 9. The molecule has 0 saturated carbocycles. The molecule has 0 fully saturated rings. The summed E-state index contributed by atoms with van der Waals surface area (Å²) >= 11 is 1.19. The molecule has 2 aromatic rings. The van der Waals surface area contributed by atoms with Crippen LogP contribution in [0.1, 0.15) is 11.3 Å². The molecule has 1 aromatic carbocycles. The molecule has 0 spiro atoms. The van der Waals surface area contributed by atoms with Crippen molar-refractivity contribution in [1.82, 2.24) is 10.3 Å². The normalized spacial score (nSPS) is 10.9. The van der Waals surface area contributed by atoms with E-state index in [2.05, 4.69) is 20.8 Å². The number of aromatic nitrogens is 1. The van der Waals surface area contributed by atoms with Gasteiger partial charge in [-0.1, -0.05) is 17.3 Å². The lowest BCUT2D eigenvalue weighted by atomic mass is 10.1. The van der Waals surface area contributed by atoms with E-state index in [0.29, 0.717) is 30.2 Å². The highest BCUT2D eigenvalue weighted by atomic mass is 32.1. The number of amides is 2. The summed E-state index contributed by atoms with van der Waals surface area (Å²) in [4.78, 5) is 31.6. The minimum atomic E-state index is -0.410. The molecule has 0 radical (unpaired) electrons. The summed E-state index contributed by atoms with van der Waals surface area (Å²) in [7, 11) is 2.95. The number of nitrogens with one attached hydrogen (secondary N) is 2. The van der Waals surface area contributed by atoms with Gasteiger partial charge in [0, 0.05) is 11.9 Å². The highest BCUT2D eigenvalue weighted by molar-refractivity contribution is 7.14. The topological polar surface area (TPSA) is 102 Å². The Morgan fingerprint density at radius 3 is 2.96 bits per heavy atom. The first-order valence-corrected chi connectivity index (χ1v) is 8.24. The number of methoxy groups -OCH3 is 1. The maximum atomic E-state index is 12.3. The van der Waals surface area contributed by atoms with Gasteiger partial charge in [-0.25, -0.2) is 4.98 Å². The lowest BCUT2D eigenvalue weighted by Crippen LogP contribution is -2.33. The van der Waals surface area contributed by atoms with Crippen LogP contribution in [-0.4, -0.2) is 43.8 Å². The average Bonchev–Trinajstić information content (AvgIpc) is 3.08. The van der Waals surface area contributed by atoms with Gasteiger partial charge in [0.25, 0.3) is 5.91 Å². The zero-order valence-electron chi connectivity index (χ0n) is 13.8. The second kappa shape index (κ2) is 9.38. The van der Waals surface area contributed by atoms with Gasteiger partial charge in [-0.15, -0.1) is 11.3 Å². The van der Waals surface area contributed by atoms with Gasteiger partial charge in [0.15, 0.2) is 10.8 Å². The van der Waals surface area contributed by atoms with Crippen molar-refractivity contribution < 1.29 is 19.2 Å². The molecule has 0 aliphatic carbocycles. The third kappa shape index (κ3) is 5.28. The Morgan fingerprint density at radius 2 is 2.24 bits per heavy atom. The molecule has 0 saturated heterocycles. The maximum Gasteiger partial charge on any atom is 0.275 e. The van der Waals surface area contributed by atoms with Crippen molar-refractivity contribution in [3.63, 3.8) is 0 Å². The summed E-state index contributed by atoms with van der Waals surface area (Å²) in [5.41, 5.74) is 1.41. The fourth-order valence-electron chi connectivity index (χ4n) is 2.03. The highest BCUT2D eigenvalue weighted by Crippen LogP contribution is 2.16. The Morgan fingerprint density at radius 1 is 1.40 bits per heavy atom. The van der Waals surface area contributed by atoms with E-state index in [9.17, 15) is 9.59 Å². The van der Waals surface area contributed by atoms with Crippen molar-refractivity contribution in [2.75, 3.05) is 26.1 Å². The number of hydrogen-bond donors (Lipinski definition) is 2.